The molecule has 0 aromatic heterocycles. The summed E-state index contributed by atoms with van der Waals surface area (Å²) in [5, 5.41) is 2.45. The van der Waals surface area contributed by atoms with Gasteiger partial charge in [0.25, 0.3) is 0 Å². The van der Waals surface area contributed by atoms with Crippen molar-refractivity contribution in [1.29, 1.82) is 0 Å². The molecule has 0 radical (unpaired) electrons. The average molecular weight is 252 g/mol. The molecular formula is C16H12OS. The Hall–Kier alpha value is -1.77. The van der Waals surface area contributed by atoms with E-state index in [0.29, 0.717) is 0 Å². The topological polar surface area (TPSA) is 20.2 Å². The second-order valence-electron chi connectivity index (χ2n) is 4.15. The van der Waals surface area contributed by atoms with Crippen LogP contribution >= 0.6 is 12.0 Å². The largest absolute Gasteiger partial charge is 0.325 e. The third-order valence-electron chi connectivity index (χ3n) is 3.05. The molecule has 0 spiro atoms. The summed E-state index contributed by atoms with van der Waals surface area (Å²) in [7, 11) is 0. The van der Waals surface area contributed by atoms with Gasteiger partial charge in [0.1, 0.15) is 0 Å². The Balaban J connectivity index is 2.19. The summed E-state index contributed by atoms with van der Waals surface area (Å²) in [6.07, 6.45) is 0. The molecule has 0 fully saturated rings. The second-order valence-corrected chi connectivity index (χ2v) is 4.77. The van der Waals surface area contributed by atoms with Gasteiger partial charge in [0.05, 0.1) is 0 Å². The Morgan fingerprint density at radius 3 is 2.28 bits per heavy atom. The van der Waals surface area contributed by atoms with Crippen LogP contribution in [0.15, 0.2) is 71.6 Å². The van der Waals surface area contributed by atoms with Gasteiger partial charge in [-0.25, -0.2) is 0 Å². The van der Waals surface area contributed by atoms with Gasteiger partial charge in [0, 0.05) is 16.9 Å². The first-order valence-electron chi connectivity index (χ1n) is 5.78. The van der Waals surface area contributed by atoms with Gasteiger partial charge in [0.2, 0.25) is 0 Å². The van der Waals surface area contributed by atoms with Crippen molar-refractivity contribution in [2.24, 2.45) is 0 Å². The minimum atomic E-state index is 0.796. The van der Waals surface area contributed by atoms with E-state index in [9.17, 15) is 4.55 Å². The van der Waals surface area contributed by atoms with E-state index in [1.165, 1.54) is 10.8 Å². The third kappa shape index (κ3) is 2.01. The number of hydrogen-bond donors (Lipinski definition) is 1. The Labute approximate surface area is 110 Å². The Bertz CT molecular complexity index is 691. The summed E-state index contributed by atoms with van der Waals surface area (Å²) in [5.41, 5.74) is 2.20. The van der Waals surface area contributed by atoms with E-state index < -0.39 is 0 Å². The normalized spacial score (nSPS) is 10.7. The first-order chi connectivity index (χ1) is 8.88. The molecule has 0 aliphatic heterocycles. The van der Waals surface area contributed by atoms with Gasteiger partial charge < -0.3 is 4.55 Å². The maximum absolute atomic E-state index is 9.31. The molecule has 1 nitrogen and oxygen atoms in total. The van der Waals surface area contributed by atoms with Crippen molar-refractivity contribution in [3.63, 3.8) is 0 Å². The van der Waals surface area contributed by atoms with Crippen molar-refractivity contribution in [3.05, 3.63) is 66.7 Å². The maximum Gasteiger partial charge on any atom is 0.0429 e. The van der Waals surface area contributed by atoms with Gasteiger partial charge >= 0.3 is 0 Å². The number of fused-ring (bicyclic) bond motifs is 1. The lowest BCUT2D eigenvalue weighted by atomic mass is 10.0. The maximum atomic E-state index is 9.31. The zero-order chi connectivity index (χ0) is 12.4. The molecular weight excluding hydrogens is 240 g/mol. The van der Waals surface area contributed by atoms with E-state index in [-0.39, 0.29) is 0 Å². The smallest absolute Gasteiger partial charge is 0.0429 e. The summed E-state index contributed by atoms with van der Waals surface area (Å²) in [5.74, 6) is 0. The van der Waals surface area contributed by atoms with Crippen LogP contribution in [0.5, 0.6) is 0 Å². The van der Waals surface area contributed by atoms with Gasteiger partial charge in [-0.3, -0.25) is 0 Å². The fraction of sp³-hybridized carbons (Fsp3) is 0. The Kier molecular flexibility index (Phi) is 3.05. The summed E-state index contributed by atoms with van der Waals surface area (Å²) in [6, 6.07) is 22.5. The standard InChI is InChI=1S/C16H12OS/c17-18-16-8-4-3-7-15(16)14-10-9-12-5-1-2-6-13(12)11-14/h1-11,17H. The molecule has 1 N–H and O–H groups in total. The predicted octanol–water partition coefficient (Wildman–Crippen LogP) is 5.07. The number of benzene rings is 3. The van der Waals surface area contributed by atoms with E-state index in [0.717, 1.165) is 28.1 Å². The van der Waals surface area contributed by atoms with Crippen LogP contribution < -0.4 is 0 Å². The van der Waals surface area contributed by atoms with Crippen LogP contribution in [-0.2, 0) is 0 Å². The molecule has 2 heteroatoms. The van der Waals surface area contributed by atoms with Crippen molar-refractivity contribution in [2.75, 3.05) is 0 Å². The van der Waals surface area contributed by atoms with Crippen molar-refractivity contribution in [2.45, 2.75) is 4.90 Å². The molecule has 3 aromatic carbocycles. The van der Waals surface area contributed by atoms with Crippen LogP contribution in [0.1, 0.15) is 0 Å². The molecule has 0 atom stereocenters. The van der Waals surface area contributed by atoms with Gasteiger partial charge in [-0.05, 0) is 34.0 Å². The lowest BCUT2D eigenvalue weighted by Gasteiger charge is -2.07. The number of hydrogen-bond acceptors (Lipinski definition) is 2. The first kappa shape index (κ1) is 11.3. The van der Waals surface area contributed by atoms with Gasteiger partial charge in [-0.2, -0.15) is 0 Å². The molecule has 0 saturated heterocycles. The van der Waals surface area contributed by atoms with Crippen molar-refractivity contribution < 1.29 is 4.55 Å². The Morgan fingerprint density at radius 2 is 1.44 bits per heavy atom. The highest BCUT2D eigenvalue weighted by atomic mass is 32.2. The molecule has 0 aliphatic carbocycles. The van der Waals surface area contributed by atoms with Crippen LogP contribution in [0.3, 0.4) is 0 Å². The van der Waals surface area contributed by atoms with Crippen LogP contribution in [0, 0.1) is 0 Å². The highest BCUT2D eigenvalue weighted by Gasteiger charge is 2.05. The quantitative estimate of drug-likeness (QED) is 0.642. The van der Waals surface area contributed by atoms with E-state index >= 15 is 0 Å². The van der Waals surface area contributed by atoms with E-state index in [1.807, 2.05) is 36.4 Å². The molecule has 0 aliphatic rings. The van der Waals surface area contributed by atoms with E-state index in [1.54, 1.807) is 0 Å². The van der Waals surface area contributed by atoms with Crippen molar-refractivity contribution in [3.8, 4) is 11.1 Å². The molecule has 0 heterocycles. The second kappa shape index (κ2) is 4.84. The van der Waals surface area contributed by atoms with Crippen molar-refractivity contribution in [1.82, 2.24) is 0 Å². The summed E-state index contributed by atoms with van der Waals surface area (Å²) in [4.78, 5) is 0.882. The monoisotopic (exact) mass is 252 g/mol. The van der Waals surface area contributed by atoms with Crippen LogP contribution in [-0.4, -0.2) is 4.55 Å². The molecule has 3 aromatic rings. The van der Waals surface area contributed by atoms with Crippen LogP contribution in [0.2, 0.25) is 0 Å². The zero-order valence-electron chi connectivity index (χ0n) is 9.71. The SMILES string of the molecule is OSc1ccccc1-c1ccc2ccccc2c1. The zero-order valence-corrected chi connectivity index (χ0v) is 10.5. The fourth-order valence-electron chi connectivity index (χ4n) is 2.14. The van der Waals surface area contributed by atoms with Gasteiger partial charge in [-0.1, -0.05) is 54.6 Å². The van der Waals surface area contributed by atoms with Crippen molar-refractivity contribution >= 4 is 22.8 Å². The predicted molar refractivity (Wildman–Crippen MR) is 77.9 cm³/mol. The fourth-order valence-corrected chi connectivity index (χ4v) is 2.57. The van der Waals surface area contributed by atoms with E-state index in [4.69, 9.17) is 0 Å². The molecule has 88 valence electrons. The number of rotatable bonds is 2. The molecule has 0 unspecified atom stereocenters. The molecule has 0 bridgehead atoms. The highest BCUT2D eigenvalue weighted by molar-refractivity contribution is 7.93. The molecule has 18 heavy (non-hydrogen) atoms. The lowest BCUT2D eigenvalue weighted by molar-refractivity contribution is 0.664. The summed E-state index contributed by atoms with van der Waals surface area (Å²) in [6.45, 7) is 0. The summed E-state index contributed by atoms with van der Waals surface area (Å²) < 4.78 is 9.31. The third-order valence-corrected chi connectivity index (χ3v) is 3.60. The molecule has 0 amide bonds. The Morgan fingerprint density at radius 1 is 0.722 bits per heavy atom. The lowest BCUT2D eigenvalue weighted by Crippen LogP contribution is -1.82. The van der Waals surface area contributed by atoms with Gasteiger partial charge in [0.15, 0.2) is 0 Å². The minimum Gasteiger partial charge on any atom is -0.325 e. The van der Waals surface area contributed by atoms with E-state index in [2.05, 4.69) is 30.3 Å². The van der Waals surface area contributed by atoms with Gasteiger partial charge in [-0.15, -0.1) is 0 Å². The average Bonchev–Trinajstić information content (AvgIpc) is 2.46. The summed E-state index contributed by atoms with van der Waals surface area (Å²) >= 11 is 0.796. The molecule has 0 saturated carbocycles. The van der Waals surface area contributed by atoms with Crippen LogP contribution in [0.4, 0.5) is 0 Å². The first-order valence-corrected chi connectivity index (χ1v) is 6.55. The molecule has 3 rings (SSSR count). The van der Waals surface area contributed by atoms with Crippen LogP contribution in [0.25, 0.3) is 21.9 Å². The minimum absolute atomic E-state index is 0.796. The highest BCUT2D eigenvalue weighted by Crippen LogP contribution is 2.31.